The third kappa shape index (κ3) is 2.12. The van der Waals surface area contributed by atoms with Gasteiger partial charge in [-0.3, -0.25) is 0 Å². The van der Waals surface area contributed by atoms with Crippen LogP contribution in [0.2, 0.25) is 0 Å². The van der Waals surface area contributed by atoms with E-state index in [4.69, 9.17) is 0 Å². The van der Waals surface area contributed by atoms with Crippen LogP contribution in [0.1, 0.15) is 24.5 Å². The van der Waals surface area contributed by atoms with Crippen molar-refractivity contribution in [1.82, 2.24) is 30.9 Å². The van der Waals surface area contributed by atoms with Gasteiger partial charge in [0.05, 0.1) is 17.2 Å². The van der Waals surface area contributed by atoms with Crippen LogP contribution in [0.3, 0.4) is 0 Å². The second-order valence-electron chi connectivity index (χ2n) is 2.85. The van der Waals surface area contributed by atoms with E-state index in [0.717, 1.165) is 12.2 Å². The fraction of sp³-hybridized carbons (Fsp3) is 0.429. The van der Waals surface area contributed by atoms with Crippen molar-refractivity contribution < 1.29 is 0 Å². The fourth-order valence-corrected chi connectivity index (χ4v) is 1.59. The van der Waals surface area contributed by atoms with Gasteiger partial charge in [-0.05, 0) is 6.92 Å². The normalized spacial score (nSPS) is 12.9. The van der Waals surface area contributed by atoms with Gasteiger partial charge in [0.2, 0.25) is 0 Å². The molecule has 2 rings (SSSR count). The van der Waals surface area contributed by atoms with Crippen molar-refractivity contribution in [3.8, 4) is 0 Å². The third-order valence-corrected chi connectivity index (χ3v) is 2.46. The Morgan fingerprint density at radius 3 is 3.21 bits per heavy atom. The van der Waals surface area contributed by atoms with Gasteiger partial charge in [-0.2, -0.15) is 5.21 Å². The first-order valence-corrected chi connectivity index (χ1v) is 5.14. The van der Waals surface area contributed by atoms with Crippen molar-refractivity contribution >= 4 is 11.3 Å². The van der Waals surface area contributed by atoms with Crippen LogP contribution in [-0.2, 0) is 6.54 Å². The number of rotatable bonds is 4. The molecule has 0 saturated carbocycles. The van der Waals surface area contributed by atoms with Crippen molar-refractivity contribution in [2.24, 2.45) is 0 Å². The summed E-state index contributed by atoms with van der Waals surface area (Å²) in [5.74, 6) is 0.667. The van der Waals surface area contributed by atoms with Gasteiger partial charge in [-0.1, -0.05) is 5.21 Å². The van der Waals surface area contributed by atoms with Crippen LogP contribution in [0.5, 0.6) is 0 Å². The fourth-order valence-electron chi connectivity index (χ4n) is 1.03. The lowest BCUT2D eigenvalue weighted by Gasteiger charge is -2.07. The van der Waals surface area contributed by atoms with Crippen LogP contribution in [0.15, 0.2) is 10.9 Å². The topological polar surface area (TPSA) is 79.4 Å². The Labute approximate surface area is 84.8 Å². The molecule has 0 spiro atoms. The molecule has 0 aliphatic carbocycles. The van der Waals surface area contributed by atoms with Gasteiger partial charge in [0.1, 0.15) is 0 Å². The highest BCUT2D eigenvalue weighted by Gasteiger charge is 2.09. The van der Waals surface area contributed by atoms with Crippen molar-refractivity contribution in [1.29, 1.82) is 0 Å². The number of thiazole rings is 1. The van der Waals surface area contributed by atoms with Crippen LogP contribution >= 0.6 is 11.3 Å². The number of hydrogen-bond acceptors (Lipinski definition) is 6. The third-order valence-electron chi connectivity index (χ3n) is 1.82. The number of H-pyrrole nitrogens is 1. The maximum atomic E-state index is 4.16. The van der Waals surface area contributed by atoms with E-state index < -0.39 is 0 Å². The van der Waals surface area contributed by atoms with E-state index in [9.17, 15) is 0 Å². The van der Waals surface area contributed by atoms with Gasteiger partial charge in [-0.15, -0.1) is 21.5 Å². The smallest absolute Gasteiger partial charge is 0.191 e. The Morgan fingerprint density at radius 2 is 2.57 bits per heavy atom. The second kappa shape index (κ2) is 4.25. The van der Waals surface area contributed by atoms with Gasteiger partial charge < -0.3 is 5.32 Å². The van der Waals surface area contributed by atoms with Crippen molar-refractivity contribution in [2.45, 2.75) is 19.5 Å². The van der Waals surface area contributed by atoms with E-state index in [2.05, 4.69) is 30.9 Å². The molecule has 1 unspecified atom stereocenters. The van der Waals surface area contributed by atoms with E-state index in [-0.39, 0.29) is 6.04 Å². The molecule has 0 bridgehead atoms. The summed E-state index contributed by atoms with van der Waals surface area (Å²) in [6, 6.07) is 0.0791. The molecule has 0 aliphatic heterocycles. The molecule has 2 heterocycles. The summed E-state index contributed by atoms with van der Waals surface area (Å²) in [5.41, 5.74) is 2.85. The first-order valence-electron chi connectivity index (χ1n) is 4.20. The molecule has 0 aliphatic rings. The lowest BCUT2D eigenvalue weighted by Crippen LogP contribution is -2.19. The summed E-state index contributed by atoms with van der Waals surface area (Å²) >= 11 is 1.59. The lowest BCUT2D eigenvalue weighted by molar-refractivity contribution is 0.542. The van der Waals surface area contributed by atoms with Gasteiger partial charge in [-0.25, -0.2) is 4.98 Å². The Kier molecular flexibility index (Phi) is 2.80. The summed E-state index contributed by atoms with van der Waals surface area (Å²) < 4.78 is 0. The second-order valence-corrected chi connectivity index (χ2v) is 3.57. The average Bonchev–Trinajstić information content (AvgIpc) is 2.87. The summed E-state index contributed by atoms with van der Waals surface area (Å²) in [5, 5.41) is 19.0. The molecule has 0 radical (unpaired) electrons. The summed E-state index contributed by atoms with van der Waals surface area (Å²) in [6.45, 7) is 2.70. The molecule has 2 aromatic rings. The Bertz CT molecular complexity index is 355. The Balaban J connectivity index is 1.87. The van der Waals surface area contributed by atoms with Gasteiger partial charge in [0.15, 0.2) is 5.82 Å². The highest BCUT2D eigenvalue weighted by Crippen LogP contribution is 2.06. The standard InChI is InChI=1S/C7H10N6S/c1-5(7-10-12-13-11-7)8-2-6-3-14-4-9-6/h3-5,8H,2H2,1H3,(H,10,11,12,13). The predicted octanol–water partition coefficient (Wildman–Crippen LogP) is 0.507. The molecular weight excluding hydrogens is 200 g/mol. The van der Waals surface area contributed by atoms with E-state index in [1.165, 1.54) is 0 Å². The monoisotopic (exact) mass is 210 g/mol. The minimum Gasteiger partial charge on any atom is -0.302 e. The highest BCUT2D eigenvalue weighted by atomic mass is 32.1. The first kappa shape index (κ1) is 9.22. The van der Waals surface area contributed by atoms with Crippen molar-refractivity contribution in [3.05, 3.63) is 22.4 Å². The lowest BCUT2D eigenvalue weighted by atomic mass is 10.3. The molecular formula is C7H10N6S. The molecule has 74 valence electrons. The molecule has 0 saturated heterocycles. The van der Waals surface area contributed by atoms with Crippen molar-refractivity contribution in [2.75, 3.05) is 0 Å². The molecule has 2 aromatic heterocycles. The zero-order valence-electron chi connectivity index (χ0n) is 7.64. The van der Waals surface area contributed by atoms with Gasteiger partial charge in [0, 0.05) is 11.9 Å². The van der Waals surface area contributed by atoms with Crippen LogP contribution < -0.4 is 5.32 Å². The van der Waals surface area contributed by atoms with Crippen LogP contribution in [0.4, 0.5) is 0 Å². The number of aromatic nitrogens is 5. The number of nitrogens with zero attached hydrogens (tertiary/aromatic N) is 4. The molecule has 0 fully saturated rings. The number of nitrogens with one attached hydrogen (secondary N) is 2. The largest absolute Gasteiger partial charge is 0.302 e. The summed E-state index contributed by atoms with van der Waals surface area (Å²) in [7, 11) is 0. The number of hydrogen-bond donors (Lipinski definition) is 2. The van der Waals surface area contributed by atoms with Crippen LogP contribution in [0, 0.1) is 0 Å². The first-order chi connectivity index (χ1) is 6.86. The minimum absolute atomic E-state index is 0.0791. The Morgan fingerprint density at radius 1 is 1.64 bits per heavy atom. The molecule has 14 heavy (non-hydrogen) atoms. The molecule has 0 amide bonds. The number of aromatic amines is 1. The SMILES string of the molecule is CC(NCc1cscn1)c1nn[nH]n1. The maximum Gasteiger partial charge on any atom is 0.191 e. The van der Waals surface area contributed by atoms with E-state index in [1.54, 1.807) is 11.3 Å². The van der Waals surface area contributed by atoms with Gasteiger partial charge >= 0.3 is 0 Å². The molecule has 1 atom stereocenters. The average molecular weight is 210 g/mol. The highest BCUT2D eigenvalue weighted by molar-refractivity contribution is 7.07. The Hall–Kier alpha value is -1.34. The van der Waals surface area contributed by atoms with Crippen LogP contribution in [0.25, 0.3) is 0 Å². The zero-order chi connectivity index (χ0) is 9.80. The van der Waals surface area contributed by atoms with Gasteiger partial charge in [0.25, 0.3) is 0 Å². The van der Waals surface area contributed by atoms with E-state index in [0.29, 0.717) is 5.82 Å². The van der Waals surface area contributed by atoms with Crippen LogP contribution in [-0.4, -0.2) is 25.6 Å². The minimum atomic E-state index is 0.0791. The molecule has 6 nitrogen and oxygen atoms in total. The quantitative estimate of drug-likeness (QED) is 0.768. The van der Waals surface area contributed by atoms with E-state index >= 15 is 0 Å². The number of tetrazole rings is 1. The van der Waals surface area contributed by atoms with Crippen molar-refractivity contribution in [3.63, 3.8) is 0 Å². The zero-order valence-corrected chi connectivity index (χ0v) is 8.45. The molecule has 7 heteroatoms. The molecule has 2 N–H and O–H groups in total. The molecule has 0 aromatic carbocycles. The summed E-state index contributed by atoms with van der Waals surface area (Å²) in [6.07, 6.45) is 0. The maximum absolute atomic E-state index is 4.16. The van der Waals surface area contributed by atoms with E-state index in [1.807, 2.05) is 17.8 Å². The predicted molar refractivity (Wildman–Crippen MR) is 51.5 cm³/mol. The summed E-state index contributed by atoms with van der Waals surface area (Å²) in [4.78, 5) is 4.16.